The highest BCUT2D eigenvalue weighted by atomic mass is 32.1. The lowest BCUT2D eigenvalue weighted by Gasteiger charge is -2.11. The number of carboxylic acid groups (broad SMARTS) is 1. The van der Waals surface area contributed by atoms with E-state index in [0.29, 0.717) is 17.0 Å². The number of thiazole rings is 1. The second-order valence-corrected chi connectivity index (χ2v) is 6.13. The molecular weight excluding hydrogens is 296 g/mol. The molecule has 2 aromatic heterocycles. The third kappa shape index (κ3) is 3.05. The van der Waals surface area contributed by atoms with E-state index in [-0.39, 0.29) is 5.91 Å². The summed E-state index contributed by atoms with van der Waals surface area (Å²) in [6, 6.07) is 3.00. The maximum atomic E-state index is 12.1. The van der Waals surface area contributed by atoms with Crippen molar-refractivity contribution in [1.82, 2.24) is 10.3 Å². The van der Waals surface area contributed by atoms with Crippen LogP contribution in [0.2, 0.25) is 0 Å². The molecule has 5 nitrogen and oxygen atoms in total. The van der Waals surface area contributed by atoms with Crippen LogP contribution in [0.1, 0.15) is 28.7 Å². The highest BCUT2D eigenvalue weighted by molar-refractivity contribution is 7.22. The van der Waals surface area contributed by atoms with Crippen LogP contribution >= 0.6 is 22.7 Å². The van der Waals surface area contributed by atoms with Gasteiger partial charge in [0.05, 0.1) is 10.6 Å². The molecule has 2 heterocycles. The fourth-order valence-corrected chi connectivity index (χ4v) is 3.44. The number of carbonyl (C=O) groups is 2. The molecule has 0 bridgehead atoms. The van der Waals surface area contributed by atoms with Gasteiger partial charge in [-0.2, -0.15) is 0 Å². The number of amides is 1. The lowest BCUT2D eigenvalue weighted by atomic mass is 10.2. The summed E-state index contributed by atoms with van der Waals surface area (Å²) in [6.45, 7) is 3.47. The van der Waals surface area contributed by atoms with Crippen molar-refractivity contribution in [2.24, 2.45) is 0 Å². The van der Waals surface area contributed by atoms with Gasteiger partial charge < -0.3 is 10.4 Å². The molecule has 0 saturated carbocycles. The van der Waals surface area contributed by atoms with E-state index < -0.39 is 12.0 Å². The zero-order chi connectivity index (χ0) is 14.7. The fraction of sp³-hybridized carbons (Fsp3) is 0.308. The van der Waals surface area contributed by atoms with Crippen molar-refractivity contribution < 1.29 is 14.7 Å². The summed E-state index contributed by atoms with van der Waals surface area (Å²) in [6.07, 6.45) is 0.344. The summed E-state index contributed by atoms with van der Waals surface area (Å²) >= 11 is 2.84. The Kier molecular flexibility index (Phi) is 4.51. The average Bonchev–Trinajstić information content (AvgIpc) is 3.03. The van der Waals surface area contributed by atoms with E-state index in [4.69, 9.17) is 5.11 Å². The van der Waals surface area contributed by atoms with Gasteiger partial charge in [0.1, 0.15) is 15.9 Å². The largest absolute Gasteiger partial charge is 0.480 e. The van der Waals surface area contributed by atoms with Crippen LogP contribution in [-0.2, 0) is 4.79 Å². The van der Waals surface area contributed by atoms with E-state index in [1.807, 2.05) is 17.5 Å². The number of thiophene rings is 1. The van der Waals surface area contributed by atoms with Crippen molar-refractivity contribution in [3.8, 4) is 9.88 Å². The van der Waals surface area contributed by atoms with Crippen molar-refractivity contribution in [2.75, 3.05) is 0 Å². The van der Waals surface area contributed by atoms with E-state index in [1.54, 1.807) is 25.2 Å². The molecule has 0 radical (unpaired) electrons. The highest BCUT2D eigenvalue weighted by Gasteiger charge is 2.22. The van der Waals surface area contributed by atoms with Gasteiger partial charge in [-0.1, -0.05) is 13.0 Å². The van der Waals surface area contributed by atoms with E-state index in [1.165, 1.54) is 11.3 Å². The van der Waals surface area contributed by atoms with Crippen LogP contribution in [0.15, 0.2) is 17.5 Å². The fourth-order valence-electron chi connectivity index (χ4n) is 1.67. The number of hydrogen-bond donors (Lipinski definition) is 2. The van der Waals surface area contributed by atoms with Crippen LogP contribution in [0.5, 0.6) is 0 Å². The smallest absolute Gasteiger partial charge is 0.326 e. The predicted octanol–water partition coefficient (Wildman–Crippen LogP) is 2.77. The maximum Gasteiger partial charge on any atom is 0.326 e. The first-order valence-corrected chi connectivity index (χ1v) is 7.77. The molecule has 106 valence electrons. The van der Waals surface area contributed by atoms with Crippen LogP contribution in [0.25, 0.3) is 9.88 Å². The summed E-state index contributed by atoms with van der Waals surface area (Å²) in [5.74, 6) is -1.40. The summed E-state index contributed by atoms with van der Waals surface area (Å²) in [4.78, 5) is 28.9. The summed E-state index contributed by atoms with van der Waals surface area (Å²) in [5, 5.41) is 14.2. The molecule has 0 spiro atoms. The third-order valence-corrected chi connectivity index (χ3v) is 4.94. The van der Waals surface area contributed by atoms with Crippen molar-refractivity contribution >= 4 is 34.6 Å². The van der Waals surface area contributed by atoms with Crippen LogP contribution in [-0.4, -0.2) is 28.0 Å². The van der Waals surface area contributed by atoms with Gasteiger partial charge in [0.15, 0.2) is 0 Å². The number of nitrogens with one attached hydrogen (secondary N) is 1. The van der Waals surface area contributed by atoms with Gasteiger partial charge in [0.2, 0.25) is 0 Å². The Labute approximate surface area is 124 Å². The molecule has 2 N–H and O–H groups in total. The molecule has 0 fully saturated rings. The van der Waals surface area contributed by atoms with Crippen molar-refractivity contribution in [1.29, 1.82) is 0 Å². The Morgan fingerprint density at radius 3 is 2.80 bits per heavy atom. The first-order valence-electron chi connectivity index (χ1n) is 6.08. The normalized spacial score (nSPS) is 12.1. The monoisotopic (exact) mass is 310 g/mol. The van der Waals surface area contributed by atoms with Gasteiger partial charge >= 0.3 is 5.97 Å². The summed E-state index contributed by atoms with van der Waals surface area (Å²) in [5.41, 5.74) is 0.621. The molecule has 1 atom stereocenters. The van der Waals surface area contributed by atoms with Gasteiger partial charge in [-0.25, -0.2) is 9.78 Å². The number of aliphatic carboxylic acids is 1. The van der Waals surface area contributed by atoms with E-state index in [0.717, 1.165) is 9.88 Å². The molecule has 0 aliphatic rings. The van der Waals surface area contributed by atoms with Gasteiger partial charge in [-0.3, -0.25) is 4.79 Å². The Hall–Kier alpha value is -1.73. The number of hydrogen-bond acceptors (Lipinski definition) is 5. The first kappa shape index (κ1) is 14.7. The lowest BCUT2D eigenvalue weighted by Crippen LogP contribution is -2.40. The van der Waals surface area contributed by atoms with Crippen molar-refractivity contribution in [2.45, 2.75) is 26.3 Å². The Morgan fingerprint density at radius 2 is 2.25 bits per heavy atom. The molecule has 0 aliphatic heterocycles. The molecule has 20 heavy (non-hydrogen) atoms. The molecule has 7 heteroatoms. The van der Waals surface area contributed by atoms with E-state index in [9.17, 15) is 9.59 Å². The molecule has 2 aromatic rings. The van der Waals surface area contributed by atoms with Crippen molar-refractivity contribution in [3.63, 3.8) is 0 Å². The van der Waals surface area contributed by atoms with Gasteiger partial charge in [-0.15, -0.1) is 22.7 Å². The molecular formula is C13H14N2O3S2. The van der Waals surface area contributed by atoms with Crippen LogP contribution in [0.4, 0.5) is 0 Å². The molecule has 0 aromatic carbocycles. The number of nitrogens with zero attached hydrogens (tertiary/aromatic N) is 1. The maximum absolute atomic E-state index is 12.1. The van der Waals surface area contributed by atoms with Gasteiger partial charge in [-0.05, 0) is 24.8 Å². The summed E-state index contributed by atoms with van der Waals surface area (Å²) < 4.78 is 0. The minimum Gasteiger partial charge on any atom is -0.480 e. The van der Waals surface area contributed by atoms with Crippen LogP contribution < -0.4 is 5.32 Å². The minimum absolute atomic E-state index is 0.344. The number of aryl methyl sites for hydroxylation is 1. The third-order valence-electron chi connectivity index (χ3n) is 2.75. The standard InChI is InChI=1S/C13H14N2O3S2/c1-3-8(13(17)18)15-11(16)10-7(2)14-12(20-10)9-5-4-6-19-9/h4-6,8H,3H2,1-2H3,(H,15,16)(H,17,18)/t8-/m1/s1. The minimum atomic E-state index is -1.03. The Morgan fingerprint density at radius 1 is 1.50 bits per heavy atom. The summed E-state index contributed by atoms with van der Waals surface area (Å²) in [7, 11) is 0. The topological polar surface area (TPSA) is 79.3 Å². The molecule has 0 saturated heterocycles. The lowest BCUT2D eigenvalue weighted by molar-refractivity contribution is -0.139. The molecule has 2 rings (SSSR count). The Balaban J connectivity index is 2.21. The van der Waals surface area contributed by atoms with Crippen molar-refractivity contribution in [3.05, 3.63) is 28.1 Å². The second-order valence-electron chi connectivity index (χ2n) is 4.18. The van der Waals surface area contributed by atoms with E-state index in [2.05, 4.69) is 10.3 Å². The highest BCUT2D eigenvalue weighted by Crippen LogP contribution is 2.31. The molecule has 1 amide bonds. The SMILES string of the molecule is CC[C@@H](NC(=O)c1sc(-c2cccs2)nc1C)C(=O)O. The van der Waals surface area contributed by atoms with Gasteiger partial charge in [0.25, 0.3) is 5.91 Å². The number of aromatic nitrogens is 1. The zero-order valence-electron chi connectivity index (χ0n) is 11.0. The number of rotatable bonds is 5. The van der Waals surface area contributed by atoms with Crippen LogP contribution in [0, 0.1) is 6.92 Å². The Bertz CT molecular complexity index is 620. The number of carboxylic acids is 1. The molecule has 0 unspecified atom stereocenters. The van der Waals surface area contributed by atoms with Gasteiger partial charge in [0, 0.05) is 0 Å². The quantitative estimate of drug-likeness (QED) is 0.890. The van der Waals surface area contributed by atoms with E-state index >= 15 is 0 Å². The molecule has 0 aliphatic carbocycles. The predicted molar refractivity (Wildman–Crippen MR) is 79.3 cm³/mol. The zero-order valence-corrected chi connectivity index (χ0v) is 12.7. The second kappa shape index (κ2) is 6.15. The number of carbonyl (C=O) groups excluding carboxylic acids is 1. The first-order chi connectivity index (χ1) is 9.52. The van der Waals surface area contributed by atoms with Crippen LogP contribution in [0.3, 0.4) is 0 Å². The average molecular weight is 310 g/mol.